The van der Waals surface area contributed by atoms with Crippen molar-refractivity contribution < 1.29 is 9.53 Å². The van der Waals surface area contributed by atoms with Crippen LogP contribution in [0.4, 0.5) is 5.69 Å². The lowest BCUT2D eigenvalue weighted by Crippen LogP contribution is -2.08. The van der Waals surface area contributed by atoms with E-state index in [1.165, 1.54) is 7.05 Å². The molecule has 82 valence electrons. The van der Waals surface area contributed by atoms with E-state index in [9.17, 15) is 10.0 Å². The molecule has 0 radical (unpaired) electrons. The van der Waals surface area contributed by atoms with E-state index in [-0.39, 0.29) is 5.97 Å². The van der Waals surface area contributed by atoms with Gasteiger partial charge in [0.05, 0.1) is 0 Å². The number of esters is 1. The predicted octanol–water partition coefficient (Wildman–Crippen LogP) is 2.33. The topological polar surface area (TPSA) is 52.6 Å². The minimum absolute atomic E-state index is 0.249. The number of hydrogen-bond acceptors (Lipinski definition) is 4. The van der Waals surface area contributed by atoms with Crippen molar-refractivity contribution in [1.29, 1.82) is 0 Å². The van der Waals surface area contributed by atoms with Crippen LogP contribution in [0, 0.1) is 5.21 Å². The third-order valence-corrected chi connectivity index (χ3v) is 1.89. The second-order valence-electron chi connectivity index (χ2n) is 3.22. The summed E-state index contributed by atoms with van der Waals surface area (Å²) in [4.78, 5) is 11.1. The highest BCUT2D eigenvalue weighted by Gasteiger charge is 2.02. The third kappa shape index (κ3) is 3.59. The molecule has 0 fully saturated rings. The quantitative estimate of drug-likeness (QED) is 0.433. The fraction of sp³-hybridized carbons (Fsp3) is 0.364. The Morgan fingerprint density at radius 3 is 2.47 bits per heavy atom. The molecule has 0 aliphatic heterocycles. The molecule has 0 aliphatic carbocycles. The van der Waals surface area contributed by atoms with Gasteiger partial charge in [-0.15, -0.1) is 0 Å². The van der Waals surface area contributed by atoms with Gasteiger partial charge in [-0.2, -0.15) is 0 Å². The van der Waals surface area contributed by atoms with Crippen LogP contribution in [0.1, 0.15) is 19.8 Å². The first-order chi connectivity index (χ1) is 7.13. The van der Waals surface area contributed by atoms with Gasteiger partial charge in [0.2, 0.25) is 0 Å². The molecular formula is C11H14NO3-. The molecule has 1 rings (SSSR count). The fourth-order valence-corrected chi connectivity index (χ4v) is 1.11. The Labute approximate surface area is 89.0 Å². The van der Waals surface area contributed by atoms with Crippen LogP contribution >= 0.6 is 0 Å². The van der Waals surface area contributed by atoms with Crippen LogP contribution in [0.5, 0.6) is 5.75 Å². The molecule has 0 aliphatic rings. The van der Waals surface area contributed by atoms with E-state index in [2.05, 4.69) is 0 Å². The van der Waals surface area contributed by atoms with Crippen molar-refractivity contribution >= 4 is 11.7 Å². The maximum Gasteiger partial charge on any atom is 0.311 e. The number of anilines is 1. The van der Waals surface area contributed by atoms with Crippen LogP contribution in [-0.2, 0) is 4.79 Å². The molecule has 4 nitrogen and oxygen atoms in total. The van der Waals surface area contributed by atoms with E-state index in [1.54, 1.807) is 24.3 Å². The van der Waals surface area contributed by atoms with Crippen LogP contribution in [0.15, 0.2) is 24.3 Å². The maximum absolute atomic E-state index is 11.1. The number of carbonyl (C=O) groups is 1. The zero-order valence-corrected chi connectivity index (χ0v) is 8.90. The van der Waals surface area contributed by atoms with E-state index >= 15 is 0 Å². The highest BCUT2D eigenvalue weighted by Crippen LogP contribution is 2.18. The van der Waals surface area contributed by atoms with Gasteiger partial charge in [0.1, 0.15) is 5.75 Å². The molecule has 0 unspecified atom stereocenters. The van der Waals surface area contributed by atoms with E-state index in [0.717, 1.165) is 11.5 Å². The minimum atomic E-state index is -0.249. The van der Waals surface area contributed by atoms with Crippen LogP contribution < -0.4 is 9.80 Å². The van der Waals surface area contributed by atoms with Gasteiger partial charge < -0.3 is 15.0 Å². The maximum atomic E-state index is 11.1. The van der Waals surface area contributed by atoms with Crippen molar-refractivity contribution in [1.82, 2.24) is 0 Å². The Bertz CT molecular complexity index is 319. The predicted molar refractivity (Wildman–Crippen MR) is 58.8 cm³/mol. The van der Waals surface area contributed by atoms with E-state index in [1.807, 2.05) is 6.92 Å². The monoisotopic (exact) mass is 208 g/mol. The second-order valence-corrected chi connectivity index (χ2v) is 3.22. The zero-order chi connectivity index (χ0) is 11.3. The summed E-state index contributed by atoms with van der Waals surface area (Å²) in [6.07, 6.45) is 1.17. The van der Waals surface area contributed by atoms with Gasteiger partial charge in [-0.25, -0.2) is 0 Å². The van der Waals surface area contributed by atoms with Gasteiger partial charge in [0.25, 0.3) is 0 Å². The largest absolute Gasteiger partial charge is 0.758 e. The zero-order valence-electron chi connectivity index (χ0n) is 8.90. The summed E-state index contributed by atoms with van der Waals surface area (Å²) >= 11 is 0. The molecule has 0 N–H and O–H groups in total. The van der Waals surface area contributed by atoms with Crippen molar-refractivity contribution in [3.63, 3.8) is 0 Å². The SMILES string of the molecule is CCCC(=O)Oc1ccc(N(C)[O-])cc1. The molecule has 4 heteroatoms. The van der Waals surface area contributed by atoms with Crippen LogP contribution in [-0.4, -0.2) is 13.0 Å². The van der Waals surface area contributed by atoms with Crippen LogP contribution in [0.3, 0.4) is 0 Å². The molecule has 0 amide bonds. The van der Waals surface area contributed by atoms with E-state index in [4.69, 9.17) is 4.74 Å². The van der Waals surface area contributed by atoms with Gasteiger partial charge >= 0.3 is 5.97 Å². The molecule has 1 aromatic carbocycles. The second kappa shape index (κ2) is 5.36. The molecule has 0 bridgehead atoms. The van der Waals surface area contributed by atoms with Gasteiger partial charge in [0, 0.05) is 12.1 Å². The van der Waals surface area contributed by atoms with Gasteiger partial charge in [-0.05, 0) is 37.7 Å². The highest BCUT2D eigenvalue weighted by atomic mass is 16.5. The highest BCUT2D eigenvalue weighted by molar-refractivity contribution is 5.72. The lowest BCUT2D eigenvalue weighted by Gasteiger charge is -2.24. The molecular weight excluding hydrogens is 194 g/mol. The van der Waals surface area contributed by atoms with Gasteiger partial charge in [-0.3, -0.25) is 4.79 Å². The first-order valence-electron chi connectivity index (χ1n) is 4.85. The lowest BCUT2D eigenvalue weighted by atomic mass is 10.3. The molecule has 0 atom stereocenters. The van der Waals surface area contributed by atoms with Crippen LogP contribution in [0.2, 0.25) is 0 Å². The molecule has 15 heavy (non-hydrogen) atoms. The molecule has 0 saturated carbocycles. The van der Waals surface area contributed by atoms with Crippen LogP contribution in [0.25, 0.3) is 0 Å². The van der Waals surface area contributed by atoms with Gasteiger partial charge in [-0.1, -0.05) is 6.92 Å². The number of benzene rings is 1. The molecule has 0 heterocycles. The van der Waals surface area contributed by atoms with Crippen molar-refractivity contribution in [2.45, 2.75) is 19.8 Å². The first kappa shape index (κ1) is 11.5. The molecule has 0 aromatic heterocycles. The Hall–Kier alpha value is -1.55. The average molecular weight is 208 g/mol. The third-order valence-electron chi connectivity index (χ3n) is 1.89. The standard InChI is InChI=1S/C11H14NO3/c1-3-4-11(13)15-10-7-5-9(6-8-10)12(2)14/h5-8H,3-4H2,1-2H3/q-1. The summed E-state index contributed by atoms with van der Waals surface area (Å²) in [6.45, 7) is 1.91. The number of rotatable bonds is 4. The fourth-order valence-electron chi connectivity index (χ4n) is 1.11. The number of ether oxygens (including phenoxy) is 1. The van der Waals surface area contributed by atoms with Crippen molar-refractivity contribution in [3.8, 4) is 5.75 Å². The van der Waals surface area contributed by atoms with E-state index < -0.39 is 0 Å². The lowest BCUT2D eigenvalue weighted by molar-refractivity contribution is -0.134. The summed E-state index contributed by atoms with van der Waals surface area (Å²) in [6, 6.07) is 6.44. The number of hydrogen-bond donors (Lipinski definition) is 0. The Balaban J connectivity index is 2.60. The van der Waals surface area contributed by atoms with E-state index in [0.29, 0.717) is 17.9 Å². The Morgan fingerprint density at radius 2 is 2.00 bits per heavy atom. The summed E-state index contributed by atoms with van der Waals surface area (Å²) in [5, 5.41) is 11.6. The summed E-state index contributed by atoms with van der Waals surface area (Å²) in [5.74, 6) is 0.222. The number of nitrogens with zero attached hydrogens (tertiary/aromatic N) is 1. The molecule has 0 spiro atoms. The summed E-state index contributed by atoms with van der Waals surface area (Å²) in [5.41, 5.74) is 0.533. The minimum Gasteiger partial charge on any atom is -0.758 e. The molecule has 0 saturated heterocycles. The number of carbonyl (C=O) groups excluding carboxylic acids is 1. The van der Waals surface area contributed by atoms with Crippen molar-refractivity contribution in [2.75, 3.05) is 12.1 Å². The first-order valence-corrected chi connectivity index (χ1v) is 4.85. The normalized spacial score (nSPS) is 9.80. The molecule has 1 aromatic rings. The average Bonchev–Trinajstić information content (AvgIpc) is 2.18. The van der Waals surface area contributed by atoms with Crippen molar-refractivity contribution in [2.24, 2.45) is 0 Å². The summed E-state index contributed by atoms with van der Waals surface area (Å²) in [7, 11) is 1.41. The summed E-state index contributed by atoms with van der Waals surface area (Å²) < 4.78 is 5.03. The smallest absolute Gasteiger partial charge is 0.311 e. The number of hydroxylamine groups is 1. The Kier molecular flexibility index (Phi) is 4.12. The Morgan fingerprint density at radius 1 is 1.40 bits per heavy atom. The van der Waals surface area contributed by atoms with Crippen molar-refractivity contribution in [3.05, 3.63) is 29.5 Å². The van der Waals surface area contributed by atoms with Gasteiger partial charge in [0.15, 0.2) is 0 Å².